The number of hydrogen-bond donors (Lipinski definition) is 4. The molecule has 7 nitrogen and oxygen atoms in total. The van der Waals surface area contributed by atoms with Crippen LogP contribution in [-0.2, 0) is 6.54 Å². The third-order valence-corrected chi connectivity index (χ3v) is 2.70. The van der Waals surface area contributed by atoms with E-state index in [1.54, 1.807) is 24.3 Å². The first-order valence-electron chi connectivity index (χ1n) is 6.14. The third kappa shape index (κ3) is 3.93. The highest BCUT2D eigenvalue weighted by atomic mass is 16.4. The molecule has 0 spiro atoms. The number of nitrogens with zero attached hydrogens (tertiary/aromatic N) is 1. The molecule has 0 saturated heterocycles. The molecule has 1 heterocycles. The predicted octanol–water partition coefficient (Wildman–Crippen LogP) is 1.68. The Kier molecular flexibility index (Phi) is 4.35. The lowest BCUT2D eigenvalue weighted by Crippen LogP contribution is -2.28. The lowest BCUT2D eigenvalue weighted by molar-refractivity contribution is 0.0696. The maximum atomic E-state index is 11.7. The number of nitrogens with two attached hydrogens (primary N) is 1. The van der Waals surface area contributed by atoms with E-state index in [0.717, 1.165) is 0 Å². The molecule has 2 rings (SSSR count). The van der Waals surface area contributed by atoms with Gasteiger partial charge in [-0.1, -0.05) is 12.1 Å². The lowest BCUT2D eigenvalue weighted by Gasteiger charge is -2.09. The maximum absolute atomic E-state index is 11.7. The summed E-state index contributed by atoms with van der Waals surface area (Å²) in [5.41, 5.74) is 7.24. The average molecular weight is 286 g/mol. The van der Waals surface area contributed by atoms with Crippen LogP contribution in [0.25, 0.3) is 0 Å². The number of aromatic carboxylic acids is 1. The highest BCUT2D eigenvalue weighted by Crippen LogP contribution is 2.16. The first-order valence-corrected chi connectivity index (χ1v) is 6.14. The number of carbonyl (C=O) groups is 2. The lowest BCUT2D eigenvalue weighted by atomic mass is 10.2. The molecule has 0 radical (unpaired) electrons. The molecule has 0 fully saturated rings. The zero-order valence-electron chi connectivity index (χ0n) is 11.0. The van der Waals surface area contributed by atoms with Crippen molar-refractivity contribution in [3.63, 3.8) is 0 Å². The van der Waals surface area contributed by atoms with Gasteiger partial charge in [0.05, 0.1) is 29.2 Å². The molecule has 2 aromatic rings. The van der Waals surface area contributed by atoms with Crippen molar-refractivity contribution in [2.24, 2.45) is 0 Å². The highest BCUT2D eigenvalue weighted by molar-refractivity contribution is 5.92. The van der Waals surface area contributed by atoms with E-state index in [1.165, 1.54) is 18.3 Å². The van der Waals surface area contributed by atoms with Gasteiger partial charge in [-0.05, 0) is 24.3 Å². The molecule has 0 aliphatic heterocycles. The van der Waals surface area contributed by atoms with Gasteiger partial charge < -0.3 is 21.5 Å². The molecule has 0 saturated carbocycles. The van der Waals surface area contributed by atoms with Crippen LogP contribution in [0.3, 0.4) is 0 Å². The van der Waals surface area contributed by atoms with Crippen molar-refractivity contribution in [1.29, 1.82) is 0 Å². The topological polar surface area (TPSA) is 117 Å². The molecule has 21 heavy (non-hydrogen) atoms. The minimum atomic E-state index is -1.04. The summed E-state index contributed by atoms with van der Waals surface area (Å²) in [5.74, 6) is -1.04. The summed E-state index contributed by atoms with van der Waals surface area (Å²) in [4.78, 5) is 26.6. The summed E-state index contributed by atoms with van der Waals surface area (Å²) in [6.45, 7) is 0.111. The van der Waals surface area contributed by atoms with Crippen LogP contribution in [0.4, 0.5) is 16.2 Å². The third-order valence-electron chi connectivity index (χ3n) is 2.70. The largest absolute Gasteiger partial charge is 0.478 e. The maximum Gasteiger partial charge on any atom is 0.335 e. The van der Waals surface area contributed by atoms with Crippen molar-refractivity contribution in [2.45, 2.75) is 6.54 Å². The normalized spacial score (nSPS) is 9.90. The van der Waals surface area contributed by atoms with Crippen molar-refractivity contribution in [3.8, 4) is 0 Å². The van der Waals surface area contributed by atoms with Gasteiger partial charge in [-0.25, -0.2) is 9.59 Å². The number of carboxylic acids is 1. The number of para-hydroxylation sites is 2. The molecule has 0 aliphatic rings. The number of benzene rings is 1. The van der Waals surface area contributed by atoms with Gasteiger partial charge in [-0.15, -0.1) is 0 Å². The van der Waals surface area contributed by atoms with E-state index in [9.17, 15) is 9.59 Å². The van der Waals surface area contributed by atoms with E-state index in [1.807, 2.05) is 0 Å². The number of urea groups is 1. The summed E-state index contributed by atoms with van der Waals surface area (Å²) in [6, 6.07) is 9.21. The van der Waals surface area contributed by atoms with Crippen LogP contribution >= 0.6 is 0 Å². The van der Waals surface area contributed by atoms with E-state index < -0.39 is 12.0 Å². The number of anilines is 2. The number of carbonyl (C=O) groups excluding carboxylic acids is 1. The molecule has 0 bridgehead atoms. The van der Waals surface area contributed by atoms with E-state index in [2.05, 4.69) is 15.6 Å². The van der Waals surface area contributed by atoms with Gasteiger partial charge in [0.1, 0.15) is 0 Å². The van der Waals surface area contributed by atoms with E-state index in [-0.39, 0.29) is 12.1 Å². The van der Waals surface area contributed by atoms with Gasteiger partial charge in [0.25, 0.3) is 0 Å². The zero-order valence-corrected chi connectivity index (χ0v) is 11.0. The average Bonchev–Trinajstić information content (AvgIpc) is 2.48. The number of nitrogen functional groups attached to an aromatic ring is 1. The fourth-order valence-electron chi connectivity index (χ4n) is 1.66. The Hall–Kier alpha value is -3.09. The number of pyridine rings is 1. The Labute approximate surface area is 120 Å². The predicted molar refractivity (Wildman–Crippen MR) is 77.9 cm³/mol. The van der Waals surface area contributed by atoms with Crippen LogP contribution in [0.1, 0.15) is 16.1 Å². The Morgan fingerprint density at radius 1 is 1.24 bits per heavy atom. The molecule has 0 aliphatic carbocycles. The standard InChI is InChI=1S/C14H14N4O3/c15-11-3-1-2-4-12(11)18-14(21)17-8-10-7-9(13(19)20)5-6-16-10/h1-7H,8,15H2,(H,19,20)(H2,17,18,21). The highest BCUT2D eigenvalue weighted by Gasteiger charge is 2.07. The molecule has 1 aromatic heterocycles. The van der Waals surface area contributed by atoms with Crippen LogP contribution < -0.4 is 16.4 Å². The summed E-state index contributed by atoms with van der Waals surface area (Å²) >= 11 is 0. The smallest absolute Gasteiger partial charge is 0.335 e. The SMILES string of the molecule is Nc1ccccc1NC(=O)NCc1cc(C(=O)O)ccn1. The fraction of sp³-hybridized carbons (Fsp3) is 0.0714. The second-order valence-corrected chi connectivity index (χ2v) is 4.24. The molecule has 2 amide bonds. The summed E-state index contributed by atoms with van der Waals surface area (Å²) in [6.07, 6.45) is 1.38. The van der Waals surface area contributed by atoms with Crippen LogP contribution in [-0.4, -0.2) is 22.1 Å². The number of hydrogen-bond acceptors (Lipinski definition) is 4. The van der Waals surface area contributed by atoms with Gasteiger partial charge in [0.15, 0.2) is 0 Å². The summed E-state index contributed by atoms with van der Waals surface area (Å²) in [5, 5.41) is 14.0. The second kappa shape index (κ2) is 6.38. The van der Waals surface area contributed by atoms with E-state index in [0.29, 0.717) is 17.1 Å². The molecular weight excluding hydrogens is 272 g/mol. The van der Waals surface area contributed by atoms with Crippen molar-refractivity contribution in [2.75, 3.05) is 11.1 Å². The molecule has 7 heteroatoms. The van der Waals surface area contributed by atoms with Crippen molar-refractivity contribution in [3.05, 3.63) is 53.9 Å². The van der Waals surface area contributed by atoms with E-state index in [4.69, 9.17) is 10.8 Å². The Morgan fingerprint density at radius 2 is 2.00 bits per heavy atom. The van der Waals surface area contributed by atoms with Gasteiger partial charge in [-0.2, -0.15) is 0 Å². The Morgan fingerprint density at radius 3 is 2.71 bits per heavy atom. The first kappa shape index (κ1) is 14.3. The summed E-state index contributed by atoms with van der Waals surface area (Å²) in [7, 11) is 0. The zero-order chi connectivity index (χ0) is 15.2. The molecule has 0 atom stereocenters. The Bertz CT molecular complexity index is 673. The molecule has 5 N–H and O–H groups in total. The van der Waals surface area contributed by atoms with Crippen LogP contribution in [0.2, 0.25) is 0 Å². The number of carboxylic acid groups (broad SMARTS) is 1. The van der Waals surface area contributed by atoms with Crippen LogP contribution in [0.15, 0.2) is 42.6 Å². The number of nitrogens with one attached hydrogen (secondary N) is 2. The summed E-state index contributed by atoms with van der Waals surface area (Å²) < 4.78 is 0. The van der Waals surface area contributed by atoms with Crippen LogP contribution in [0.5, 0.6) is 0 Å². The minimum absolute atomic E-state index is 0.111. The quantitative estimate of drug-likeness (QED) is 0.638. The number of rotatable bonds is 4. The van der Waals surface area contributed by atoms with Crippen molar-refractivity contribution < 1.29 is 14.7 Å². The molecular formula is C14H14N4O3. The van der Waals surface area contributed by atoms with Gasteiger partial charge in [0.2, 0.25) is 0 Å². The van der Waals surface area contributed by atoms with E-state index >= 15 is 0 Å². The minimum Gasteiger partial charge on any atom is -0.478 e. The van der Waals surface area contributed by atoms with Gasteiger partial charge >= 0.3 is 12.0 Å². The monoisotopic (exact) mass is 286 g/mol. The molecule has 108 valence electrons. The number of amides is 2. The van der Waals surface area contributed by atoms with Gasteiger partial charge in [0, 0.05) is 6.20 Å². The van der Waals surface area contributed by atoms with Crippen molar-refractivity contribution in [1.82, 2.24) is 10.3 Å². The first-order chi connectivity index (χ1) is 10.1. The Balaban J connectivity index is 1.94. The van der Waals surface area contributed by atoms with Gasteiger partial charge in [-0.3, -0.25) is 4.98 Å². The van der Waals surface area contributed by atoms with Crippen LogP contribution in [0, 0.1) is 0 Å². The fourth-order valence-corrected chi connectivity index (χ4v) is 1.66. The number of aromatic nitrogens is 1. The molecule has 1 aromatic carbocycles. The molecule has 0 unspecified atom stereocenters. The van der Waals surface area contributed by atoms with Crippen molar-refractivity contribution >= 4 is 23.4 Å². The second-order valence-electron chi connectivity index (χ2n) is 4.24.